The molecule has 1 aliphatic carbocycles. The Morgan fingerprint density at radius 2 is 1.59 bits per heavy atom. The number of fused-ring (bicyclic) bond motifs is 1. The van der Waals surface area contributed by atoms with Gasteiger partial charge >= 0.3 is 0 Å². The van der Waals surface area contributed by atoms with Crippen molar-refractivity contribution in [1.29, 1.82) is 0 Å². The summed E-state index contributed by atoms with van der Waals surface area (Å²) in [5, 5.41) is 0. The monoisotopic (exact) mass is 454 g/mol. The zero-order valence-electron chi connectivity index (χ0n) is 19.4. The lowest BCUT2D eigenvalue weighted by Crippen LogP contribution is -2.49. The Balaban J connectivity index is 1.15. The van der Waals surface area contributed by atoms with Gasteiger partial charge in [-0.3, -0.25) is 9.59 Å². The van der Waals surface area contributed by atoms with Crippen molar-refractivity contribution in [2.75, 3.05) is 31.1 Å². The number of amides is 1. The maximum absolute atomic E-state index is 13.1. The fourth-order valence-corrected chi connectivity index (χ4v) is 4.92. The zero-order chi connectivity index (χ0) is 23.3. The van der Waals surface area contributed by atoms with Crippen LogP contribution >= 0.6 is 0 Å². The highest BCUT2D eigenvalue weighted by molar-refractivity contribution is 6.02. The van der Waals surface area contributed by atoms with Crippen molar-refractivity contribution >= 4 is 17.4 Å². The van der Waals surface area contributed by atoms with Crippen molar-refractivity contribution in [3.63, 3.8) is 0 Å². The number of nitrogens with zero attached hydrogens (tertiary/aromatic N) is 2. The summed E-state index contributed by atoms with van der Waals surface area (Å²) in [6, 6.07) is 26.1. The number of para-hydroxylation sites is 1. The Morgan fingerprint density at radius 3 is 2.32 bits per heavy atom. The summed E-state index contributed by atoms with van der Waals surface area (Å²) < 4.78 is 5.93. The molecule has 0 bridgehead atoms. The Hall–Kier alpha value is -3.60. The van der Waals surface area contributed by atoms with Crippen LogP contribution in [0.2, 0.25) is 0 Å². The molecule has 1 amide bonds. The number of ketones is 1. The van der Waals surface area contributed by atoms with E-state index in [0.717, 1.165) is 42.0 Å². The number of carbonyl (C=O) groups is 2. The standard InChI is InChI=1S/C29H30N2O3/c32-28(31-17-15-30(16-18-31)25-9-5-2-6-10-25)20-24-12-11-23-19-26(13-14-27(23)29(24)33)34-21-22-7-3-1-4-8-22/h1-10,13-14,19,24H,11-12,15-18,20-21H2. The molecule has 174 valence electrons. The van der Waals surface area contributed by atoms with Crippen LogP contribution in [0.3, 0.4) is 0 Å². The largest absolute Gasteiger partial charge is 0.489 e. The molecule has 1 atom stereocenters. The molecule has 1 unspecified atom stereocenters. The predicted molar refractivity (Wildman–Crippen MR) is 133 cm³/mol. The van der Waals surface area contributed by atoms with Crippen molar-refractivity contribution in [3.8, 4) is 5.75 Å². The third-order valence-electron chi connectivity index (χ3n) is 6.90. The molecule has 1 aliphatic heterocycles. The number of benzene rings is 3. The number of Topliss-reactive ketones (excluding diaryl/α,β-unsaturated/α-hetero) is 1. The molecule has 1 saturated heterocycles. The summed E-state index contributed by atoms with van der Waals surface area (Å²) >= 11 is 0. The molecule has 1 heterocycles. The lowest BCUT2D eigenvalue weighted by Gasteiger charge is -2.37. The summed E-state index contributed by atoms with van der Waals surface area (Å²) in [4.78, 5) is 30.3. The molecule has 0 radical (unpaired) electrons. The SMILES string of the molecule is O=C1c2ccc(OCc3ccccc3)cc2CCC1CC(=O)N1CCN(c2ccccc2)CC1. The van der Waals surface area contributed by atoms with E-state index in [9.17, 15) is 9.59 Å². The highest BCUT2D eigenvalue weighted by atomic mass is 16.5. The summed E-state index contributed by atoms with van der Waals surface area (Å²) in [5.74, 6) is 0.730. The quantitative estimate of drug-likeness (QED) is 0.539. The summed E-state index contributed by atoms with van der Waals surface area (Å²) in [7, 11) is 0. The average Bonchev–Trinajstić information content (AvgIpc) is 2.90. The van der Waals surface area contributed by atoms with Gasteiger partial charge in [0.05, 0.1) is 0 Å². The predicted octanol–water partition coefficient (Wildman–Crippen LogP) is 4.75. The third kappa shape index (κ3) is 4.98. The van der Waals surface area contributed by atoms with Crippen molar-refractivity contribution in [3.05, 3.63) is 95.6 Å². The summed E-state index contributed by atoms with van der Waals surface area (Å²) in [6.45, 7) is 3.55. The molecular weight excluding hydrogens is 424 g/mol. The van der Waals surface area contributed by atoms with Gasteiger partial charge in [0.2, 0.25) is 5.91 Å². The zero-order valence-corrected chi connectivity index (χ0v) is 19.4. The molecular formula is C29H30N2O3. The maximum atomic E-state index is 13.1. The maximum Gasteiger partial charge on any atom is 0.223 e. The molecule has 0 saturated carbocycles. The van der Waals surface area contributed by atoms with E-state index in [1.54, 1.807) is 0 Å². The average molecular weight is 455 g/mol. The van der Waals surface area contributed by atoms with Gasteiger partial charge < -0.3 is 14.5 Å². The van der Waals surface area contributed by atoms with Gasteiger partial charge in [0.15, 0.2) is 5.78 Å². The number of ether oxygens (including phenoxy) is 1. The Kier molecular flexibility index (Phi) is 6.61. The van der Waals surface area contributed by atoms with Gasteiger partial charge in [-0.1, -0.05) is 48.5 Å². The molecule has 5 rings (SSSR count). The molecule has 0 aromatic heterocycles. The van der Waals surface area contributed by atoms with Gasteiger partial charge in [-0.2, -0.15) is 0 Å². The van der Waals surface area contributed by atoms with Crippen LogP contribution in [-0.2, 0) is 17.8 Å². The van der Waals surface area contributed by atoms with Crippen LogP contribution in [0.25, 0.3) is 0 Å². The van der Waals surface area contributed by atoms with Crippen molar-refractivity contribution < 1.29 is 14.3 Å². The fourth-order valence-electron chi connectivity index (χ4n) is 4.92. The smallest absolute Gasteiger partial charge is 0.223 e. The molecule has 34 heavy (non-hydrogen) atoms. The van der Waals surface area contributed by atoms with E-state index in [4.69, 9.17) is 4.74 Å². The number of hydrogen-bond acceptors (Lipinski definition) is 4. The van der Waals surface area contributed by atoms with Crippen LogP contribution in [0.4, 0.5) is 5.69 Å². The molecule has 3 aromatic carbocycles. The van der Waals surface area contributed by atoms with E-state index in [1.165, 1.54) is 5.69 Å². The van der Waals surface area contributed by atoms with E-state index >= 15 is 0 Å². The number of aryl methyl sites for hydroxylation is 1. The van der Waals surface area contributed by atoms with Crippen molar-refractivity contribution in [2.24, 2.45) is 5.92 Å². The first-order chi connectivity index (χ1) is 16.7. The van der Waals surface area contributed by atoms with Crippen molar-refractivity contribution in [1.82, 2.24) is 4.90 Å². The van der Waals surface area contributed by atoms with E-state index in [0.29, 0.717) is 32.5 Å². The normalized spacial score (nSPS) is 17.9. The molecule has 5 heteroatoms. The third-order valence-corrected chi connectivity index (χ3v) is 6.90. The molecule has 3 aromatic rings. The number of anilines is 1. The second kappa shape index (κ2) is 10.1. The Bertz CT molecular complexity index is 1140. The molecule has 0 N–H and O–H groups in total. The van der Waals surface area contributed by atoms with Crippen molar-refractivity contribution in [2.45, 2.75) is 25.9 Å². The van der Waals surface area contributed by atoms with E-state index in [2.05, 4.69) is 17.0 Å². The highest BCUT2D eigenvalue weighted by Crippen LogP contribution is 2.31. The van der Waals surface area contributed by atoms with E-state index in [1.807, 2.05) is 71.6 Å². The number of rotatable bonds is 6. The Morgan fingerprint density at radius 1 is 0.882 bits per heavy atom. The van der Waals surface area contributed by atoms with Gasteiger partial charge in [0.1, 0.15) is 12.4 Å². The first kappa shape index (κ1) is 22.2. The lowest BCUT2D eigenvalue weighted by atomic mass is 9.81. The highest BCUT2D eigenvalue weighted by Gasteiger charge is 2.31. The van der Waals surface area contributed by atoms with Gasteiger partial charge in [0, 0.05) is 49.8 Å². The Labute approximate surface area is 201 Å². The summed E-state index contributed by atoms with van der Waals surface area (Å²) in [6.07, 6.45) is 1.81. The number of carbonyl (C=O) groups excluding carboxylic acids is 2. The topological polar surface area (TPSA) is 49.9 Å². The minimum absolute atomic E-state index is 0.0899. The van der Waals surface area contributed by atoms with Gasteiger partial charge in [-0.15, -0.1) is 0 Å². The van der Waals surface area contributed by atoms with Crippen LogP contribution in [-0.4, -0.2) is 42.8 Å². The second-order valence-corrected chi connectivity index (χ2v) is 9.10. The summed E-state index contributed by atoms with van der Waals surface area (Å²) in [5.41, 5.74) is 4.07. The van der Waals surface area contributed by atoms with Gasteiger partial charge in [-0.25, -0.2) is 0 Å². The molecule has 0 spiro atoms. The minimum atomic E-state index is -0.233. The first-order valence-electron chi connectivity index (χ1n) is 12.1. The number of hydrogen-bond donors (Lipinski definition) is 0. The number of piperazine rings is 1. The van der Waals surface area contributed by atoms with Gasteiger partial charge in [0.25, 0.3) is 0 Å². The van der Waals surface area contributed by atoms with E-state index in [-0.39, 0.29) is 17.6 Å². The fraction of sp³-hybridized carbons (Fsp3) is 0.310. The van der Waals surface area contributed by atoms with Crippen LogP contribution < -0.4 is 9.64 Å². The molecule has 2 aliphatic rings. The lowest BCUT2D eigenvalue weighted by molar-refractivity contribution is -0.132. The van der Waals surface area contributed by atoms with Crippen LogP contribution in [0.5, 0.6) is 5.75 Å². The van der Waals surface area contributed by atoms with Crippen LogP contribution in [0.15, 0.2) is 78.9 Å². The van der Waals surface area contributed by atoms with Crippen LogP contribution in [0.1, 0.15) is 34.3 Å². The molecule has 5 nitrogen and oxygen atoms in total. The second-order valence-electron chi connectivity index (χ2n) is 9.10. The van der Waals surface area contributed by atoms with Crippen LogP contribution in [0, 0.1) is 5.92 Å². The minimum Gasteiger partial charge on any atom is -0.489 e. The van der Waals surface area contributed by atoms with E-state index < -0.39 is 0 Å². The first-order valence-corrected chi connectivity index (χ1v) is 12.1. The molecule has 1 fully saturated rings. The van der Waals surface area contributed by atoms with Gasteiger partial charge in [-0.05, 0) is 54.3 Å².